The molecule has 7 heteroatoms. The first-order chi connectivity index (χ1) is 19.0. The van der Waals surface area contributed by atoms with Crippen LogP contribution in [0, 0.1) is 6.92 Å². The van der Waals surface area contributed by atoms with Crippen LogP contribution < -0.4 is 5.56 Å². The highest BCUT2D eigenvalue weighted by molar-refractivity contribution is 7.99. The van der Waals surface area contributed by atoms with Crippen molar-refractivity contribution in [1.82, 2.24) is 14.5 Å². The molecule has 0 fully saturated rings. The Morgan fingerprint density at radius 3 is 2.28 bits per heavy atom. The summed E-state index contributed by atoms with van der Waals surface area (Å²) in [5.41, 5.74) is 4.18. The average molecular weight is 554 g/mol. The third kappa shape index (κ3) is 6.41. The van der Waals surface area contributed by atoms with E-state index in [-0.39, 0.29) is 17.2 Å². The van der Waals surface area contributed by atoms with Crippen LogP contribution in [-0.4, -0.2) is 32.7 Å². The second kappa shape index (κ2) is 12.3. The van der Waals surface area contributed by atoms with E-state index >= 15 is 0 Å². The first-order valence-electron chi connectivity index (χ1n) is 12.8. The van der Waals surface area contributed by atoms with Gasteiger partial charge in [-0.1, -0.05) is 102 Å². The third-order valence-electron chi connectivity index (χ3n) is 6.57. The van der Waals surface area contributed by atoms with Crippen LogP contribution in [0.15, 0.2) is 113 Å². The molecule has 0 bridgehead atoms. The number of aromatic nitrogens is 2. The number of carbonyl (C=O) groups excluding carboxylic acids is 1. The Kier molecular flexibility index (Phi) is 8.45. The quantitative estimate of drug-likeness (QED) is 0.150. The summed E-state index contributed by atoms with van der Waals surface area (Å²) in [7, 11) is 0. The Bertz CT molecular complexity index is 1660. The van der Waals surface area contributed by atoms with Gasteiger partial charge in [0, 0.05) is 18.1 Å². The Balaban J connectivity index is 1.44. The van der Waals surface area contributed by atoms with Crippen molar-refractivity contribution in [2.45, 2.75) is 25.0 Å². The van der Waals surface area contributed by atoms with Gasteiger partial charge in [0.1, 0.15) is 0 Å². The maximum absolute atomic E-state index is 13.6. The molecule has 39 heavy (non-hydrogen) atoms. The van der Waals surface area contributed by atoms with E-state index in [1.165, 1.54) is 17.3 Å². The van der Waals surface area contributed by atoms with Crippen LogP contribution in [0.2, 0.25) is 5.02 Å². The average Bonchev–Trinajstić information content (AvgIpc) is 2.97. The molecular weight excluding hydrogens is 526 g/mol. The van der Waals surface area contributed by atoms with Crippen LogP contribution in [0.25, 0.3) is 16.6 Å². The minimum absolute atomic E-state index is 0.0179. The number of benzene rings is 4. The molecule has 1 aromatic heterocycles. The predicted octanol–water partition coefficient (Wildman–Crippen LogP) is 6.71. The van der Waals surface area contributed by atoms with Crippen LogP contribution in [0.1, 0.15) is 16.7 Å². The monoisotopic (exact) mass is 553 g/mol. The van der Waals surface area contributed by atoms with E-state index < -0.39 is 0 Å². The summed E-state index contributed by atoms with van der Waals surface area (Å²) in [5, 5.41) is 1.53. The number of nitrogens with zero attached hydrogens (tertiary/aromatic N) is 3. The second-order valence-electron chi connectivity index (χ2n) is 9.31. The smallest absolute Gasteiger partial charge is 0.266 e. The molecule has 0 radical (unpaired) electrons. The Morgan fingerprint density at radius 1 is 0.897 bits per heavy atom. The van der Waals surface area contributed by atoms with Crippen molar-refractivity contribution in [3.63, 3.8) is 0 Å². The molecule has 0 saturated carbocycles. The second-order valence-corrected chi connectivity index (χ2v) is 10.7. The van der Waals surface area contributed by atoms with E-state index in [4.69, 9.17) is 16.6 Å². The largest absolute Gasteiger partial charge is 0.337 e. The van der Waals surface area contributed by atoms with Crippen molar-refractivity contribution in [2.75, 3.05) is 12.3 Å². The minimum atomic E-state index is -0.194. The van der Waals surface area contributed by atoms with Crippen molar-refractivity contribution in [3.8, 4) is 5.69 Å². The van der Waals surface area contributed by atoms with E-state index in [1.54, 1.807) is 16.7 Å². The van der Waals surface area contributed by atoms with Gasteiger partial charge >= 0.3 is 0 Å². The number of aryl methyl sites for hydroxylation is 1. The summed E-state index contributed by atoms with van der Waals surface area (Å²) in [6.45, 7) is 3.01. The van der Waals surface area contributed by atoms with Gasteiger partial charge in [-0.3, -0.25) is 14.2 Å². The molecule has 0 saturated heterocycles. The molecule has 4 aromatic carbocycles. The summed E-state index contributed by atoms with van der Waals surface area (Å²) >= 11 is 7.68. The van der Waals surface area contributed by atoms with Gasteiger partial charge in [-0.25, -0.2) is 4.98 Å². The zero-order valence-corrected chi connectivity index (χ0v) is 23.2. The lowest BCUT2D eigenvalue weighted by Crippen LogP contribution is -2.34. The van der Waals surface area contributed by atoms with Crippen LogP contribution in [0.3, 0.4) is 0 Å². The normalized spacial score (nSPS) is 11.0. The molecule has 0 N–H and O–H groups in total. The summed E-state index contributed by atoms with van der Waals surface area (Å²) in [6.07, 6.45) is 0.755. The lowest BCUT2D eigenvalue weighted by molar-refractivity contribution is -0.128. The van der Waals surface area contributed by atoms with Crippen molar-refractivity contribution in [2.24, 2.45) is 0 Å². The fourth-order valence-electron chi connectivity index (χ4n) is 4.38. The molecule has 5 aromatic rings. The first kappa shape index (κ1) is 26.7. The number of fused-ring (bicyclic) bond motifs is 1. The maximum Gasteiger partial charge on any atom is 0.266 e. The van der Waals surface area contributed by atoms with E-state index in [0.717, 1.165) is 17.5 Å². The molecule has 196 valence electrons. The van der Waals surface area contributed by atoms with Crippen LogP contribution in [-0.2, 0) is 17.8 Å². The fourth-order valence-corrected chi connectivity index (χ4v) is 5.47. The van der Waals surface area contributed by atoms with Gasteiger partial charge in [0.05, 0.1) is 22.3 Å². The predicted molar refractivity (Wildman–Crippen MR) is 160 cm³/mol. The molecule has 1 amide bonds. The first-order valence-corrected chi connectivity index (χ1v) is 14.1. The zero-order chi connectivity index (χ0) is 27.2. The maximum atomic E-state index is 13.6. The van der Waals surface area contributed by atoms with Gasteiger partial charge in [0.25, 0.3) is 5.56 Å². The summed E-state index contributed by atoms with van der Waals surface area (Å²) in [4.78, 5) is 33.9. The lowest BCUT2D eigenvalue weighted by atomic mass is 10.1. The SMILES string of the molecule is Cc1ccc(-n2c(SCC(=O)N(CCc3ccccc3)Cc3ccccc3)nc3ccccc3c2=O)cc1Cl. The van der Waals surface area contributed by atoms with Crippen LogP contribution >= 0.6 is 23.4 Å². The van der Waals surface area contributed by atoms with E-state index in [2.05, 4.69) is 12.1 Å². The van der Waals surface area contributed by atoms with Gasteiger partial charge in [0.2, 0.25) is 5.91 Å². The van der Waals surface area contributed by atoms with Gasteiger partial charge in [0.15, 0.2) is 5.16 Å². The number of hydrogen-bond donors (Lipinski definition) is 0. The number of hydrogen-bond acceptors (Lipinski definition) is 4. The molecule has 0 aliphatic heterocycles. The number of halogens is 1. The third-order valence-corrected chi connectivity index (χ3v) is 7.90. The Labute approximate surface area is 237 Å². The van der Waals surface area contributed by atoms with Crippen LogP contribution in [0.4, 0.5) is 0 Å². The molecule has 0 aliphatic carbocycles. The fraction of sp³-hybridized carbons (Fsp3) is 0.156. The highest BCUT2D eigenvalue weighted by Crippen LogP contribution is 2.25. The summed E-state index contributed by atoms with van der Waals surface area (Å²) < 4.78 is 1.55. The van der Waals surface area contributed by atoms with Crippen molar-refractivity contribution < 1.29 is 4.79 Å². The molecule has 0 spiro atoms. The van der Waals surface area contributed by atoms with Crippen LogP contribution in [0.5, 0.6) is 0 Å². The van der Waals surface area contributed by atoms with Crippen molar-refractivity contribution in [1.29, 1.82) is 0 Å². The molecule has 0 unspecified atom stereocenters. The summed E-state index contributed by atoms with van der Waals surface area (Å²) in [6, 6.07) is 32.9. The van der Waals surface area contributed by atoms with Crippen molar-refractivity contribution >= 4 is 40.2 Å². The molecule has 5 rings (SSSR count). The highest BCUT2D eigenvalue weighted by Gasteiger charge is 2.19. The highest BCUT2D eigenvalue weighted by atomic mass is 35.5. The van der Waals surface area contributed by atoms with Gasteiger partial charge in [-0.2, -0.15) is 0 Å². The Morgan fingerprint density at radius 2 is 1.56 bits per heavy atom. The van der Waals surface area contributed by atoms with Gasteiger partial charge in [-0.05, 0) is 54.3 Å². The molecular formula is C32H28ClN3O2S. The number of rotatable bonds is 9. The summed E-state index contributed by atoms with van der Waals surface area (Å²) in [5.74, 6) is 0.127. The van der Waals surface area contributed by atoms with Gasteiger partial charge < -0.3 is 4.90 Å². The molecule has 1 heterocycles. The number of carbonyl (C=O) groups is 1. The number of para-hydroxylation sites is 1. The topological polar surface area (TPSA) is 55.2 Å². The minimum Gasteiger partial charge on any atom is -0.337 e. The number of thioether (sulfide) groups is 1. The van der Waals surface area contributed by atoms with E-state index in [1.807, 2.05) is 90.7 Å². The van der Waals surface area contributed by atoms with E-state index in [0.29, 0.717) is 39.9 Å². The lowest BCUT2D eigenvalue weighted by Gasteiger charge is -2.23. The standard InChI is InChI=1S/C32H28ClN3O2S/c1-23-16-17-26(20-28(23)33)36-31(38)27-14-8-9-15-29(27)34-32(36)39-22-30(37)35(21-25-12-6-3-7-13-25)19-18-24-10-4-2-5-11-24/h2-17,20H,18-19,21-22H2,1H3. The number of amides is 1. The van der Waals surface area contributed by atoms with Crippen molar-refractivity contribution in [3.05, 3.63) is 135 Å². The molecule has 0 atom stereocenters. The Hall–Kier alpha value is -3.87. The molecule has 0 aliphatic rings. The van der Waals surface area contributed by atoms with Gasteiger partial charge in [-0.15, -0.1) is 0 Å². The zero-order valence-electron chi connectivity index (χ0n) is 21.6. The molecule has 5 nitrogen and oxygen atoms in total. The van der Waals surface area contributed by atoms with E-state index in [9.17, 15) is 9.59 Å².